The van der Waals surface area contributed by atoms with Gasteiger partial charge >= 0.3 is 0 Å². The number of rotatable bonds is 0. The van der Waals surface area contributed by atoms with Crippen molar-refractivity contribution in [1.82, 2.24) is 0 Å². The van der Waals surface area contributed by atoms with Crippen LogP contribution >= 0.6 is 0 Å². The predicted octanol–water partition coefficient (Wildman–Crippen LogP) is 2.77. The fourth-order valence-corrected chi connectivity index (χ4v) is 2.61. The van der Waals surface area contributed by atoms with Crippen molar-refractivity contribution in [3.63, 3.8) is 0 Å². The summed E-state index contributed by atoms with van der Waals surface area (Å²) >= 11 is 0. The Morgan fingerprint density at radius 3 is 2.40 bits per heavy atom. The van der Waals surface area contributed by atoms with Crippen molar-refractivity contribution in [3.8, 4) is 0 Å². The summed E-state index contributed by atoms with van der Waals surface area (Å²) < 4.78 is 0. The van der Waals surface area contributed by atoms with E-state index in [0.717, 1.165) is 17.8 Å². The lowest BCUT2D eigenvalue weighted by Crippen LogP contribution is -2.49. The van der Waals surface area contributed by atoms with Crippen molar-refractivity contribution in [2.75, 3.05) is 0 Å². The van der Waals surface area contributed by atoms with Crippen LogP contribution in [0.4, 0.5) is 0 Å². The molecule has 0 saturated heterocycles. The molecule has 3 saturated carbocycles. The zero-order chi connectivity index (χ0) is 7.35. The second kappa shape index (κ2) is 1.78. The first-order chi connectivity index (χ1) is 4.61. The van der Waals surface area contributed by atoms with Crippen LogP contribution in [0.1, 0.15) is 33.6 Å². The van der Waals surface area contributed by atoms with Crippen molar-refractivity contribution in [2.24, 2.45) is 23.2 Å². The highest BCUT2D eigenvalue weighted by atomic mass is 14.5. The third-order valence-electron chi connectivity index (χ3n) is 3.50. The molecule has 0 nitrogen and oxygen atoms in total. The lowest BCUT2D eigenvalue weighted by Gasteiger charge is -2.56. The van der Waals surface area contributed by atoms with Crippen molar-refractivity contribution < 1.29 is 0 Å². The lowest BCUT2D eigenvalue weighted by molar-refractivity contribution is -0.00944. The van der Waals surface area contributed by atoms with Crippen LogP contribution in [0.2, 0.25) is 0 Å². The van der Waals surface area contributed by atoms with Gasteiger partial charge in [-0.15, -0.1) is 0 Å². The van der Waals surface area contributed by atoms with Crippen LogP contribution in [0.15, 0.2) is 0 Å². The van der Waals surface area contributed by atoms with Gasteiger partial charge in [0.1, 0.15) is 0 Å². The third-order valence-corrected chi connectivity index (χ3v) is 3.50. The van der Waals surface area contributed by atoms with Gasteiger partial charge in [-0.1, -0.05) is 20.8 Å². The van der Waals surface area contributed by atoms with Crippen LogP contribution in [0.3, 0.4) is 0 Å². The Kier molecular flexibility index (Phi) is 1.19. The van der Waals surface area contributed by atoms with Crippen LogP contribution in [0.25, 0.3) is 0 Å². The molecule has 0 heterocycles. The molecule has 0 aromatic carbocycles. The first-order valence-electron chi connectivity index (χ1n) is 4.37. The van der Waals surface area contributed by atoms with Crippen molar-refractivity contribution >= 4 is 0 Å². The van der Waals surface area contributed by atoms with Gasteiger partial charge in [0.05, 0.1) is 0 Å². The molecule has 10 heavy (non-hydrogen) atoms. The molecule has 0 aromatic rings. The van der Waals surface area contributed by atoms with Gasteiger partial charge in [0.2, 0.25) is 0 Å². The number of fused-ring (bicyclic) bond motifs is 2. The molecule has 3 rings (SSSR count). The van der Waals surface area contributed by atoms with Gasteiger partial charge in [-0.2, -0.15) is 0 Å². The van der Waals surface area contributed by atoms with Gasteiger partial charge in [0.25, 0.3) is 0 Å². The van der Waals surface area contributed by atoms with Gasteiger partial charge < -0.3 is 0 Å². The Labute approximate surface area is 64.0 Å². The van der Waals surface area contributed by atoms with E-state index >= 15 is 0 Å². The van der Waals surface area contributed by atoms with Gasteiger partial charge in [-0.25, -0.2) is 0 Å². The molecule has 0 spiro atoms. The van der Waals surface area contributed by atoms with E-state index in [1.807, 2.05) is 0 Å². The van der Waals surface area contributed by atoms with Crippen molar-refractivity contribution in [2.45, 2.75) is 33.6 Å². The molecule has 3 aliphatic rings. The zero-order valence-electron chi connectivity index (χ0n) is 7.15. The number of hydrogen-bond acceptors (Lipinski definition) is 0. The van der Waals surface area contributed by atoms with Crippen molar-refractivity contribution in [1.29, 1.82) is 0 Å². The number of hydrogen-bond donors (Lipinski definition) is 0. The van der Waals surface area contributed by atoms with Gasteiger partial charge in [-0.05, 0) is 42.4 Å². The maximum absolute atomic E-state index is 3.62. The molecular formula is C10H16. The highest BCUT2D eigenvalue weighted by Crippen LogP contribution is 2.58. The molecule has 3 unspecified atom stereocenters. The summed E-state index contributed by atoms with van der Waals surface area (Å²) in [5.41, 5.74) is 0.564. The maximum Gasteiger partial charge on any atom is -0.00947 e. The summed E-state index contributed by atoms with van der Waals surface area (Å²) in [5, 5.41) is 0. The van der Waals surface area contributed by atoms with E-state index in [1.54, 1.807) is 0 Å². The second-order valence-corrected chi connectivity index (χ2v) is 4.64. The van der Waals surface area contributed by atoms with Crippen molar-refractivity contribution in [3.05, 3.63) is 6.42 Å². The van der Waals surface area contributed by atoms with E-state index in [1.165, 1.54) is 12.8 Å². The minimum absolute atomic E-state index is 0.564. The van der Waals surface area contributed by atoms with E-state index in [0.29, 0.717) is 5.41 Å². The standard InChI is InChI=1S/C10H16/c1-7-8-4-5-10(2,3)9(7)6-8/h7-9H,4-5H2,1-3H3. The molecule has 0 aromatic heterocycles. The average Bonchev–Trinajstić information content (AvgIpc) is 1.84. The van der Waals surface area contributed by atoms with Crippen LogP contribution in [0, 0.1) is 29.6 Å². The molecule has 3 aliphatic carbocycles. The summed E-state index contributed by atoms with van der Waals surface area (Å²) in [5.74, 6) is 2.60. The highest BCUT2D eigenvalue weighted by molar-refractivity contribution is 5.10. The van der Waals surface area contributed by atoms with Gasteiger partial charge in [0, 0.05) is 0 Å². The Morgan fingerprint density at radius 1 is 1.40 bits per heavy atom. The summed E-state index contributed by atoms with van der Waals surface area (Å²) in [6, 6.07) is 0. The van der Waals surface area contributed by atoms with Crippen LogP contribution < -0.4 is 0 Å². The fraction of sp³-hybridized carbons (Fsp3) is 0.900. The molecular weight excluding hydrogens is 120 g/mol. The third kappa shape index (κ3) is 0.681. The molecule has 2 radical (unpaired) electrons. The molecule has 0 heteroatoms. The smallest absolute Gasteiger partial charge is 0.00947 e. The average molecular weight is 136 g/mol. The van der Waals surface area contributed by atoms with E-state index in [4.69, 9.17) is 0 Å². The normalized spacial score (nSPS) is 50.1. The van der Waals surface area contributed by atoms with E-state index in [9.17, 15) is 0 Å². The second-order valence-electron chi connectivity index (χ2n) is 4.64. The molecule has 2 bridgehead atoms. The van der Waals surface area contributed by atoms with Crippen LogP contribution in [0.5, 0.6) is 0 Å². The summed E-state index contributed by atoms with van der Waals surface area (Å²) in [6.45, 7) is 7.15. The maximum atomic E-state index is 3.62. The minimum atomic E-state index is 0.564. The highest BCUT2D eigenvalue weighted by Gasteiger charge is 2.50. The minimum Gasteiger partial charge on any atom is -0.0619 e. The fourth-order valence-electron chi connectivity index (χ4n) is 2.61. The van der Waals surface area contributed by atoms with E-state index in [2.05, 4.69) is 27.2 Å². The summed E-state index contributed by atoms with van der Waals surface area (Å²) in [4.78, 5) is 0. The summed E-state index contributed by atoms with van der Waals surface area (Å²) in [7, 11) is 0. The Bertz CT molecular complexity index is 144. The summed E-state index contributed by atoms with van der Waals surface area (Å²) in [6.07, 6.45) is 6.43. The Hall–Kier alpha value is 0. The Balaban J connectivity index is 2.14. The SMILES string of the molecule is CC1C2[C]C1C(C)(C)CC2. The van der Waals surface area contributed by atoms with Crippen LogP contribution in [-0.4, -0.2) is 0 Å². The van der Waals surface area contributed by atoms with E-state index in [-0.39, 0.29) is 0 Å². The monoisotopic (exact) mass is 136 g/mol. The zero-order valence-corrected chi connectivity index (χ0v) is 7.15. The molecule has 3 atom stereocenters. The molecule has 0 aliphatic heterocycles. The predicted molar refractivity (Wildman–Crippen MR) is 42.4 cm³/mol. The molecule has 0 amide bonds. The molecule has 56 valence electrons. The lowest BCUT2D eigenvalue weighted by atomic mass is 9.48. The Morgan fingerprint density at radius 2 is 2.10 bits per heavy atom. The largest absolute Gasteiger partial charge is 0.0619 e. The first kappa shape index (κ1) is 6.69. The topological polar surface area (TPSA) is 0 Å². The van der Waals surface area contributed by atoms with Gasteiger partial charge in [-0.3, -0.25) is 0 Å². The van der Waals surface area contributed by atoms with E-state index < -0.39 is 0 Å². The van der Waals surface area contributed by atoms with Gasteiger partial charge in [0.15, 0.2) is 0 Å². The van der Waals surface area contributed by atoms with Crippen LogP contribution in [-0.2, 0) is 0 Å². The molecule has 3 fully saturated rings. The quantitative estimate of drug-likeness (QED) is 0.480. The molecule has 0 N–H and O–H groups in total. The first-order valence-corrected chi connectivity index (χ1v) is 4.37.